The van der Waals surface area contributed by atoms with E-state index in [9.17, 15) is 13.2 Å². The van der Waals surface area contributed by atoms with Gasteiger partial charge < -0.3 is 5.73 Å². The number of ketones is 1. The van der Waals surface area contributed by atoms with Gasteiger partial charge in [-0.3, -0.25) is 4.79 Å². The lowest BCUT2D eigenvalue weighted by Crippen LogP contribution is -2.31. The van der Waals surface area contributed by atoms with Crippen molar-refractivity contribution in [3.8, 4) is 0 Å². The predicted molar refractivity (Wildman–Crippen MR) is 73.1 cm³/mol. The maximum atomic E-state index is 12.0. The van der Waals surface area contributed by atoms with Crippen molar-refractivity contribution in [3.63, 3.8) is 0 Å². The quantitative estimate of drug-likeness (QED) is 0.717. The molecular formula is C13H25NO3S. The Morgan fingerprint density at radius 2 is 1.94 bits per heavy atom. The second-order valence-corrected chi connectivity index (χ2v) is 7.71. The third-order valence-electron chi connectivity index (χ3n) is 3.81. The summed E-state index contributed by atoms with van der Waals surface area (Å²) in [6, 6.07) is 0. The fourth-order valence-electron chi connectivity index (χ4n) is 2.65. The monoisotopic (exact) mass is 275 g/mol. The minimum Gasteiger partial charge on any atom is -0.330 e. The first-order valence-corrected chi connectivity index (χ1v) is 8.82. The summed E-state index contributed by atoms with van der Waals surface area (Å²) < 4.78 is 23.1. The van der Waals surface area contributed by atoms with Gasteiger partial charge in [0.2, 0.25) is 0 Å². The molecule has 1 fully saturated rings. The molecule has 1 saturated carbocycles. The molecular weight excluding hydrogens is 250 g/mol. The van der Waals surface area contributed by atoms with Crippen molar-refractivity contribution in [1.82, 2.24) is 0 Å². The topological polar surface area (TPSA) is 77.2 Å². The van der Waals surface area contributed by atoms with Crippen LogP contribution in [0.2, 0.25) is 0 Å². The van der Waals surface area contributed by atoms with Crippen molar-refractivity contribution >= 4 is 15.6 Å². The van der Waals surface area contributed by atoms with E-state index in [1.807, 2.05) is 0 Å². The van der Waals surface area contributed by atoms with Crippen LogP contribution in [0.3, 0.4) is 0 Å². The molecule has 1 aliphatic rings. The van der Waals surface area contributed by atoms with Gasteiger partial charge in [-0.2, -0.15) is 0 Å². The first-order valence-electron chi connectivity index (χ1n) is 6.86. The molecule has 18 heavy (non-hydrogen) atoms. The molecule has 2 atom stereocenters. The van der Waals surface area contributed by atoms with E-state index in [1.165, 1.54) is 6.26 Å². The molecule has 0 saturated heterocycles. The lowest BCUT2D eigenvalue weighted by Gasteiger charge is -2.27. The van der Waals surface area contributed by atoms with E-state index in [0.29, 0.717) is 19.4 Å². The maximum Gasteiger partial charge on any atom is 0.150 e. The number of rotatable bonds is 7. The number of hydrogen-bond donors (Lipinski definition) is 1. The summed E-state index contributed by atoms with van der Waals surface area (Å²) in [7, 11) is -2.99. The Morgan fingerprint density at radius 1 is 1.22 bits per heavy atom. The van der Waals surface area contributed by atoms with Gasteiger partial charge in [0, 0.05) is 18.6 Å². The smallest absolute Gasteiger partial charge is 0.150 e. The molecule has 2 unspecified atom stereocenters. The van der Waals surface area contributed by atoms with Gasteiger partial charge in [0.05, 0.1) is 5.25 Å². The molecule has 0 bridgehead atoms. The number of unbranched alkanes of at least 4 members (excludes halogenated alkanes) is 2. The van der Waals surface area contributed by atoms with Crippen molar-refractivity contribution in [2.45, 2.75) is 56.6 Å². The van der Waals surface area contributed by atoms with Crippen LogP contribution in [0.4, 0.5) is 0 Å². The van der Waals surface area contributed by atoms with Gasteiger partial charge in [-0.25, -0.2) is 8.42 Å². The van der Waals surface area contributed by atoms with Gasteiger partial charge in [-0.15, -0.1) is 0 Å². The summed E-state index contributed by atoms with van der Waals surface area (Å²) in [4.78, 5) is 12.0. The Morgan fingerprint density at radius 3 is 2.56 bits per heavy atom. The van der Waals surface area contributed by atoms with Crippen LogP contribution in [0.1, 0.15) is 51.4 Å². The highest BCUT2D eigenvalue weighted by Gasteiger charge is 2.31. The highest BCUT2D eigenvalue weighted by Crippen LogP contribution is 2.30. The predicted octanol–water partition coefficient (Wildman–Crippen LogP) is 1.68. The fraction of sp³-hybridized carbons (Fsp3) is 0.923. The molecule has 2 N–H and O–H groups in total. The van der Waals surface area contributed by atoms with Crippen LogP contribution in [-0.4, -0.2) is 32.3 Å². The third kappa shape index (κ3) is 5.06. The van der Waals surface area contributed by atoms with E-state index in [4.69, 9.17) is 5.73 Å². The molecule has 0 aromatic heterocycles. The molecule has 0 amide bonds. The zero-order chi connectivity index (χ0) is 13.6. The Bertz CT molecular complexity index is 364. The zero-order valence-corrected chi connectivity index (χ0v) is 12.0. The lowest BCUT2D eigenvalue weighted by molar-refractivity contribution is -0.123. The van der Waals surface area contributed by atoms with Crippen LogP contribution < -0.4 is 5.73 Å². The van der Waals surface area contributed by atoms with Crippen molar-refractivity contribution < 1.29 is 13.2 Å². The molecule has 4 nitrogen and oxygen atoms in total. The average molecular weight is 275 g/mol. The van der Waals surface area contributed by atoms with E-state index in [1.54, 1.807) is 0 Å². The summed E-state index contributed by atoms with van der Waals surface area (Å²) in [5, 5.41) is -0.302. The number of hydrogen-bond acceptors (Lipinski definition) is 4. The van der Waals surface area contributed by atoms with Gasteiger partial charge in [-0.1, -0.05) is 12.8 Å². The molecule has 5 heteroatoms. The molecule has 0 spiro atoms. The van der Waals surface area contributed by atoms with E-state index >= 15 is 0 Å². The number of Topliss-reactive ketones (excluding diaryl/α,β-unsaturated/α-hetero) is 1. The summed E-state index contributed by atoms with van der Waals surface area (Å²) in [6.45, 7) is 0.674. The second kappa shape index (κ2) is 7.24. The Hall–Kier alpha value is -0.420. The van der Waals surface area contributed by atoms with Crippen molar-refractivity contribution in [1.29, 1.82) is 0 Å². The SMILES string of the molecule is CS(=O)(=O)C1CCCC(C(=O)CCCCCN)C1. The Labute approximate surface area is 110 Å². The standard InChI is InChI=1S/C13H25NO3S/c1-18(16,17)12-7-5-6-11(10-12)13(15)8-3-2-4-9-14/h11-12H,2-10,14H2,1H3. The molecule has 0 aliphatic heterocycles. The van der Waals surface area contributed by atoms with Crippen LogP contribution in [0.5, 0.6) is 0 Å². The molecule has 0 aromatic carbocycles. The minimum absolute atomic E-state index is 0.0312. The van der Waals surface area contributed by atoms with E-state index in [-0.39, 0.29) is 17.0 Å². The molecule has 0 heterocycles. The summed E-state index contributed by atoms with van der Waals surface area (Å²) >= 11 is 0. The lowest BCUT2D eigenvalue weighted by atomic mass is 9.84. The first kappa shape index (κ1) is 15.6. The Kier molecular flexibility index (Phi) is 6.29. The van der Waals surface area contributed by atoms with Crippen LogP contribution in [0.15, 0.2) is 0 Å². The highest BCUT2D eigenvalue weighted by atomic mass is 32.2. The number of carbonyl (C=O) groups is 1. The molecule has 1 rings (SSSR count). The highest BCUT2D eigenvalue weighted by molar-refractivity contribution is 7.91. The third-order valence-corrected chi connectivity index (χ3v) is 5.45. The normalized spacial score (nSPS) is 25.0. The molecule has 0 aromatic rings. The van der Waals surface area contributed by atoms with Gasteiger partial charge >= 0.3 is 0 Å². The average Bonchev–Trinajstić information content (AvgIpc) is 2.33. The van der Waals surface area contributed by atoms with Crippen molar-refractivity contribution in [2.75, 3.05) is 12.8 Å². The summed E-state index contributed by atoms with van der Waals surface area (Å²) in [5.74, 6) is 0.219. The van der Waals surface area contributed by atoms with Crippen LogP contribution >= 0.6 is 0 Å². The van der Waals surface area contributed by atoms with Crippen molar-refractivity contribution in [3.05, 3.63) is 0 Å². The van der Waals surface area contributed by atoms with Crippen molar-refractivity contribution in [2.24, 2.45) is 11.7 Å². The van der Waals surface area contributed by atoms with Gasteiger partial charge in [-0.05, 0) is 38.6 Å². The van der Waals surface area contributed by atoms with E-state index in [0.717, 1.165) is 38.5 Å². The van der Waals surface area contributed by atoms with Crippen LogP contribution in [0.25, 0.3) is 0 Å². The minimum atomic E-state index is -2.99. The maximum absolute atomic E-state index is 12.0. The number of nitrogens with two attached hydrogens (primary N) is 1. The van der Waals surface area contributed by atoms with E-state index < -0.39 is 9.84 Å². The van der Waals surface area contributed by atoms with Gasteiger partial charge in [0.15, 0.2) is 0 Å². The largest absolute Gasteiger partial charge is 0.330 e. The fourth-order valence-corrected chi connectivity index (χ4v) is 3.83. The number of sulfone groups is 1. The van der Waals surface area contributed by atoms with Crippen LogP contribution in [0, 0.1) is 5.92 Å². The molecule has 1 aliphatic carbocycles. The summed E-state index contributed by atoms with van der Waals surface area (Å²) in [6.07, 6.45) is 7.68. The van der Waals surface area contributed by atoms with Gasteiger partial charge in [0.25, 0.3) is 0 Å². The second-order valence-electron chi connectivity index (χ2n) is 5.38. The van der Waals surface area contributed by atoms with E-state index in [2.05, 4.69) is 0 Å². The first-order chi connectivity index (χ1) is 8.45. The number of carbonyl (C=O) groups excluding carboxylic acids is 1. The van der Waals surface area contributed by atoms with Crippen LogP contribution in [-0.2, 0) is 14.6 Å². The molecule has 106 valence electrons. The zero-order valence-electron chi connectivity index (χ0n) is 11.2. The Balaban J connectivity index is 2.39. The molecule has 0 radical (unpaired) electrons. The summed E-state index contributed by atoms with van der Waals surface area (Å²) in [5.41, 5.74) is 5.40. The van der Waals surface area contributed by atoms with Gasteiger partial charge in [0.1, 0.15) is 15.6 Å².